The van der Waals surface area contributed by atoms with Gasteiger partial charge in [-0.15, -0.1) is 0 Å². The maximum atomic E-state index is 11.8. The first kappa shape index (κ1) is 13.4. The second-order valence-corrected chi connectivity index (χ2v) is 7.43. The van der Waals surface area contributed by atoms with Gasteiger partial charge < -0.3 is 4.74 Å². The highest BCUT2D eigenvalue weighted by atomic mass is 79.9. The van der Waals surface area contributed by atoms with Gasteiger partial charge in [0, 0.05) is 24.6 Å². The molecule has 0 amide bonds. The Morgan fingerprint density at radius 2 is 2.07 bits per heavy atom. The van der Waals surface area contributed by atoms with Crippen LogP contribution in [0.15, 0.2) is 0 Å². The second-order valence-electron chi connectivity index (χ2n) is 3.82. The molecule has 1 aliphatic rings. The summed E-state index contributed by atoms with van der Waals surface area (Å²) >= 11 is 3.38. The number of halogens is 1. The zero-order chi connectivity index (χ0) is 11.3. The van der Waals surface area contributed by atoms with Crippen LogP contribution >= 0.6 is 15.9 Å². The van der Waals surface area contributed by atoms with Crippen molar-refractivity contribution in [1.29, 1.82) is 0 Å². The minimum Gasteiger partial charge on any atom is -0.381 e. The van der Waals surface area contributed by atoms with E-state index in [0.717, 1.165) is 6.42 Å². The molecule has 1 rings (SSSR count). The molecule has 1 N–H and O–H groups in total. The van der Waals surface area contributed by atoms with Gasteiger partial charge in [0.2, 0.25) is 10.0 Å². The lowest BCUT2D eigenvalue weighted by atomic mass is 10.2. The molecule has 1 heterocycles. The van der Waals surface area contributed by atoms with E-state index in [2.05, 4.69) is 20.7 Å². The van der Waals surface area contributed by atoms with Crippen LogP contribution in [0.4, 0.5) is 0 Å². The molecule has 1 fully saturated rings. The first-order valence-electron chi connectivity index (χ1n) is 5.22. The summed E-state index contributed by atoms with van der Waals surface area (Å²) < 4.78 is 31.4. The molecule has 0 radical (unpaired) electrons. The highest BCUT2D eigenvalue weighted by Gasteiger charge is 2.26. The van der Waals surface area contributed by atoms with Crippen LogP contribution in [0.1, 0.15) is 26.2 Å². The summed E-state index contributed by atoms with van der Waals surface area (Å²) in [5.41, 5.74) is 0. The number of nitrogens with one attached hydrogen (secondary N) is 1. The molecule has 0 bridgehead atoms. The number of ether oxygens (including phenoxy) is 1. The van der Waals surface area contributed by atoms with Crippen molar-refractivity contribution >= 4 is 26.0 Å². The highest BCUT2D eigenvalue weighted by molar-refractivity contribution is 9.09. The van der Waals surface area contributed by atoms with Gasteiger partial charge in [-0.2, -0.15) is 0 Å². The Hall–Kier alpha value is 0.350. The number of sulfonamides is 1. The van der Waals surface area contributed by atoms with Crippen LogP contribution in [0, 0.1) is 0 Å². The summed E-state index contributed by atoms with van der Waals surface area (Å²) in [5.74, 6) is 0. The van der Waals surface area contributed by atoms with Crippen molar-refractivity contribution in [3.8, 4) is 0 Å². The number of alkyl halides is 1. The molecule has 1 unspecified atom stereocenters. The zero-order valence-electron chi connectivity index (χ0n) is 8.91. The topological polar surface area (TPSA) is 55.4 Å². The van der Waals surface area contributed by atoms with Crippen molar-refractivity contribution in [3.05, 3.63) is 0 Å². The summed E-state index contributed by atoms with van der Waals surface area (Å²) in [6.45, 7) is 3.62. The lowest BCUT2D eigenvalue weighted by Crippen LogP contribution is -2.38. The molecule has 1 saturated heterocycles. The molecule has 0 aliphatic carbocycles. The van der Waals surface area contributed by atoms with Gasteiger partial charge in [0.15, 0.2) is 0 Å². The minimum absolute atomic E-state index is 0.267. The van der Waals surface area contributed by atoms with Crippen LogP contribution in [0.25, 0.3) is 0 Å². The Bertz CT molecular complexity index is 273. The smallest absolute Gasteiger partial charge is 0.214 e. The van der Waals surface area contributed by atoms with Crippen molar-refractivity contribution in [2.75, 3.05) is 19.8 Å². The zero-order valence-corrected chi connectivity index (χ0v) is 11.3. The van der Waals surface area contributed by atoms with E-state index in [1.807, 2.05) is 6.92 Å². The third-order valence-electron chi connectivity index (χ3n) is 2.45. The molecule has 0 spiro atoms. The standard InChI is InChI=1S/C9H18BrNO3S/c1-8(10)2-5-11-15(12,13)9-3-6-14-7-4-9/h8-9,11H,2-7H2,1H3. The summed E-state index contributed by atoms with van der Waals surface area (Å²) in [5, 5.41) is -0.267. The average Bonchev–Trinajstić information content (AvgIpc) is 2.18. The average molecular weight is 300 g/mol. The van der Waals surface area contributed by atoms with E-state index in [0.29, 0.717) is 37.4 Å². The van der Waals surface area contributed by atoms with E-state index >= 15 is 0 Å². The second kappa shape index (κ2) is 6.18. The monoisotopic (exact) mass is 299 g/mol. The van der Waals surface area contributed by atoms with E-state index in [9.17, 15) is 8.42 Å². The SMILES string of the molecule is CC(Br)CCNS(=O)(=O)C1CCOCC1. The molecule has 0 aromatic rings. The predicted octanol–water partition coefficient (Wildman–Crippen LogP) is 1.26. The van der Waals surface area contributed by atoms with E-state index in [1.165, 1.54) is 0 Å². The summed E-state index contributed by atoms with van der Waals surface area (Å²) in [6, 6.07) is 0. The lowest BCUT2D eigenvalue weighted by Gasteiger charge is -2.22. The van der Waals surface area contributed by atoms with Gasteiger partial charge in [0.25, 0.3) is 0 Å². The lowest BCUT2D eigenvalue weighted by molar-refractivity contribution is 0.0981. The Balaban J connectivity index is 2.36. The predicted molar refractivity (Wildman–Crippen MR) is 63.8 cm³/mol. The van der Waals surface area contributed by atoms with Gasteiger partial charge in [0.1, 0.15) is 0 Å². The van der Waals surface area contributed by atoms with Gasteiger partial charge in [-0.1, -0.05) is 22.9 Å². The molecule has 4 nitrogen and oxygen atoms in total. The maximum absolute atomic E-state index is 11.8. The number of hydrogen-bond donors (Lipinski definition) is 1. The molecule has 15 heavy (non-hydrogen) atoms. The molecule has 6 heteroatoms. The van der Waals surface area contributed by atoms with Crippen molar-refractivity contribution in [3.63, 3.8) is 0 Å². The van der Waals surface area contributed by atoms with Crippen LogP contribution in [0.3, 0.4) is 0 Å². The fourth-order valence-corrected chi connectivity index (χ4v) is 3.18. The molecule has 0 saturated carbocycles. The normalized spacial score (nSPS) is 21.5. The summed E-state index contributed by atoms with van der Waals surface area (Å²) in [6.07, 6.45) is 2.03. The van der Waals surface area contributed by atoms with Crippen molar-refractivity contribution in [2.45, 2.75) is 36.3 Å². The number of hydrogen-bond acceptors (Lipinski definition) is 3. The fourth-order valence-electron chi connectivity index (χ4n) is 1.50. The third kappa shape index (κ3) is 4.80. The van der Waals surface area contributed by atoms with Crippen molar-refractivity contribution in [1.82, 2.24) is 4.72 Å². The summed E-state index contributed by atoms with van der Waals surface area (Å²) in [7, 11) is -3.13. The molecule has 0 aromatic carbocycles. The van der Waals surface area contributed by atoms with Crippen LogP contribution < -0.4 is 4.72 Å². The maximum Gasteiger partial charge on any atom is 0.214 e. The van der Waals surface area contributed by atoms with E-state index < -0.39 is 10.0 Å². The largest absolute Gasteiger partial charge is 0.381 e. The molecule has 0 aromatic heterocycles. The van der Waals surface area contributed by atoms with Gasteiger partial charge in [-0.05, 0) is 19.3 Å². The van der Waals surface area contributed by atoms with Crippen LogP contribution in [-0.2, 0) is 14.8 Å². The first-order valence-corrected chi connectivity index (χ1v) is 7.69. The van der Waals surface area contributed by atoms with E-state index in [4.69, 9.17) is 4.74 Å². The van der Waals surface area contributed by atoms with Crippen LogP contribution in [0.5, 0.6) is 0 Å². The Morgan fingerprint density at radius 1 is 1.47 bits per heavy atom. The van der Waals surface area contributed by atoms with Crippen molar-refractivity contribution < 1.29 is 13.2 Å². The molecule has 1 aliphatic heterocycles. The fraction of sp³-hybridized carbons (Fsp3) is 1.00. The Labute approximate surface area is 99.9 Å². The quantitative estimate of drug-likeness (QED) is 0.778. The van der Waals surface area contributed by atoms with E-state index in [1.54, 1.807) is 0 Å². The third-order valence-corrected chi connectivity index (χ3v) is 4.87. The van der Waals surface area contributed by atoms with Gasteiger partial charge >= 0.3 is 0 Å². The molecule has 90 valence electrons. The minimum atomic E-state index is -3.13. The van der Waals surface area contributed by atoms with Gasteiger partial charge in [-0.3, -0.25) is 0 Å². The van der Waals surface area contributed by atoms with Crippen LogP contribution in [0.2, 0.25) is 0 Å². The van der Waals surface area contributed by atoms with E-state index in [-0.39, 0.29) is 5.25 Å². The Morgan fingerprint density at radius 3 is 2.60 bits per heavy atom. The molecule has 1 atom stereocenters. The van der Waals surface area contributed by atoms with Gasteiger partial charge in [0.05, 0.1) is 5.25 Å². The number of rotatable bonds is 5. The highest BCUT2D eigenvalue weighted by Crippen LogP contribution is 2.14. The Kier molecular flexibility index (Phi) is 5.52. The first-order chi connectivity index (χ1) is 7.02. The van der Waals surface area contributed by atoms with Crippen molar-refractivity contribution in [2.24, 2.45) is 0 Å². The molecular formula is C9H18BrNO3S. The molecular weight excluding hydrogens is 282 g/mol. The van der Waals surface area contributed by atoms with Gasteiger partial charge in [-0.25, -0.2) is 13.1 Å². The summed E-state index contributed by atoms with van der Waals surface area (Å²) in [4.78, 5) is 0.342. The van der Waals surface area contributed by atoms with Crippen LogP contribution in [-0.4, -0.2) is 38.3 Å².